The summed E-state index contributed by atoms with van der Waals surface area (Å²) in [7, 11) is 0. The minimum atomic E-state index is -0.504. The third-order valence-electron chi connectivity index (χ3n) is 5.08. The van der Waals surface area contributed by atoms with E-state index in [-0.39, 0.29) is 16.8 Å². The molecule has 0 amide bonds. The number of likely N-dealkylation sites (tertiary alicyclic amines) is 1. The topological polar surface area (TPSA) is 41.0 Å². The van der Waals surface area contributed by atoms with Gasteiger partial charge < -0.3 is 9.88 Å². The maximum absolute atomic E-state index is 13.6. The Morgan fingerprint density at radius 2 is 1.96 bits per heavy atom. The molecule has 1 saturated heterocycles. The van der Waals surface area contributed by atoms with Crippen LogP contribution in [-0.2, 0) is 0 Å². The predicted molar refractivity (Wildman–Crippen MR) is 91.7 cm³/mol. The molecule has 6 heteroatoms. The highest BCUT2D eigenvalue weighted by Gasteiger charge is 2.26. The maximum Gasteiger partial charge on any atom is 0.326 e. The molecule has 0 radical (unpaired) electrons. The molecule has 2 heterocycles. The lowest BCUT2D eigenvalue weighted by atomic mass is 10.0. The Morgan fingerprint density at radius 3 is 2.57 bits per heavy atom. The Kier molecular flexibility index (Phi) is 4.78. The summed E-state index contributed by atoms with van der Waals surface area (Å²) < 4.78 is 15.3. The van der Waals surface area contributed by atoms with E-state index in [1.54, 1.807) is 10.6 Å². The van der Waals surface area contributed by atoms with Crippen LogP contribution in [0.15, 0.2) is 16.9 Å². The van der Waals surface area contributed by atoms with Gasteiger partial charge in [-0.05, 0) is 31.7 Å². The van der Waals surface area contributed by atoms with E-state index in [0.29, 0.717) is 17.1 Å². The Labute approximate surface area is 140 Å². The zero-order valence-corrected chi connectivity index (χ0v) is 14.4. The largest absolute Gasteiger partial charge is 0.326 e. The van der Waals surface area contributed by atoms with Gasteiger partial charge in [0.2, 0.25) is 0 Å². The first-order chi connectivity index (χ1) is 11.0. The van der Waals surface area contributed by atoms with Crippen molar-refractivity contribution in [3.05, 3.63) is 33.5 Å². The Hall–Kier alpha value is -1.33. The van der Waals surface area contributed by atoms with Crippen LogP contribution in [0.2, 0.25) is 5.02 Å². The average molecular weight is 340 g/mol. The van der Waals surface area contributed by atoms with E-state index in [2.05, 4.69) is 23.7 Å². The standard InChI is InChI=1S/C17H23ClFN3O/c1-3-11(4-2)21-7-5-12(6-8-21)22-16-9-13(18)14(19)10-15(16)20-17(22)23/h9-12H,3-8H2,1-2H3,(H,20,23). The third-order valence-corrected chi connectivity index (χ3v) is 5.37. The smallest absolute Gasteiger partial charge is 0.305 e. The molecular formula is C17H23ClFN3O. The second-order valence-corrected chi connectivity index (χ2v) is 6.73. The van der Waals surface area contributed by atoms with Crippen LogP contribution in [0.1, 0.15) is 45.6 Å². The molecular weight excluding hydrogens is 317 g/mol. The highest BCUT2D eigenvalue weighted by Crippen LogP contribution is 2.28. The zero-order valence-electron chi connectivity index (χ0n) is 13.6. The van der Waals surface area contributed by atoms with Gasteiger partial charge in [0.05, 0.1) is 16.1 Å². The lowest BCUT2D eigenvalue weighted by Crippen LogP contribution is -2.42. The van der Waals surface area contributed by atoms with Gasteiger partial charge in [-0.3, -0.25) is 4.57 Å². The quantitative estimate of drug-likeness (QED) is 0.916. The normalized spacial score (nSPS) is 17.4. The summed E-state index contributed by atoms with van der Waals surface area (Å²) in [6.45, 7) is 6.43. The van der Waals surface area contributed by atoms with Gasteiger partial charge in [0, 0.05) is 31.2 Å². The lowest BCUT2D eigenvalue weighted by molar-refractivity contribution is 0.128. The summed E-state index contributed by atoms with van der Waals surface area (Å²) in [5.74, 6) is -0.504. The van der Waals surface area contributed by atoms with E-state index in [0.717, 1.165) is 38.8 Å². The molecule has 1 fully saturated rings. The van der Waals surface area contributed by atoms with Crippen molar-refractivity contribution in [2.45, 2.75) is 51.6 Å². The van der Waals surface area contributed by atoms with Crippen molar-refractivity contribution in [2.24, 2.45) is 0 Å². The van der Waals surface area contributed by atoms with Crippen molar-refractivity contribution in [2.75, 3.05) is 13.1 Å². The first kappa shape index (κ1) is 16.5. The number of nitrogens with one attached hydrogen (secondary N) is 1. The second-order valence-electron chi connectivity index (χ2n) is 6.32. The first-order valence-electron chi connectivity index (χ1n) is 8.38. The number of H-pyrrole nitrogens is 1. The van der Waals surface area contributed by atoms with Crippen molar-refractivity contribution < 1.29 is 4.39 Å². The molecule has 1 aliphatic rings. The van der Waals surface area contributed by atoms with Gasteiger partial charge in [-0.2, -0.15) is 0 Å². The number of hydrogen-bond donors (Lipinski definition) is 1. The fourth-order valence-electron chi connectivity index (χ4n) is 3.80. The van der Waals surface area contributed by atoms with Gasteiger partial charge in [0.15, 0.2) is 0 Å². The van der Waals surface area contributed by atoms with Gasteiger partial charge in [0.25, 0.3) is 0 Å². The molecule has 0 unspecified atom stereocenters. The van der Waals surface area contributed by atoms with E-state index >= 15 is 0 Å². The van der Waals surface area contributed by atoms with Crippen LogP contribution in [0.5, 0.6) is 0 Å². The van der Waals surface area contributed by atoms with Gasteiger partial charge in [0.1, 0.15) is 5.82 Å². The molecule has 126 valence electrons. The lowest BCUT2D eigenvalue weighted by Gasteiger charge is -2.37. The number of imidazole rings is 1. The molecule has 2 aromatic rings. The van der Waals surface area contributed by atoms with Crippen molar-refractivity contribution in [1.29, 1.82) is 0 Å². The van der Waals surface area contributed by atoms with Gasteiger partial charge in [-0.25, -0.2) is 9.18 Å². The molecule has 1 N–H and O–H groups in total. The molecule has 3 rings (SSSR count). The van der Waals surface area contributed by atoms with Gasteiger partial charge in [-0.1, -0.05) is 25.4 Å². The molecule has 0 bridgehead atoms. The van der Waals surface area contributed by atoms with E-state index in [9.17, 15) is 9.18 Å². The van der Waals surface area contributed by atoms with Crippen LogP contribution < -0.4 is 5.69 Å². The Morgan fingerprint density at radius 1 is 1.30 bits per heavy atom. The van der Waals surface area contributed by atoms with Gasteiger partial charge in [-0.15, -0.1) is 0 Å². The minimum absolute atomic E-state index is 0.0553. The van der Waals surface area contributed by atoms with Crippen molar-refractivity contribution in [3.8, 4) is 0 Å². The molecule has 0 atom stereocenters. The molecule has 0 spiro atoms. The summed E-state index contributed by atoms with van der Waals surface area (Å²) in [5, 5.41) is 0.0553. The number of piperidine rings is 1. The van der Waals surface area contributed by atoms with Crippen LogP contribution in [0.3, 0.4) is 0 Å². The van der Waals surface area contributed by atoms with Crippen LogP contribution in [0.25, 0.3) is 11.0 Å². The van der Waals surface area contributed by atoms with Crippen LogP contribution in [0.4, 0.5) is 4.39 Å². The number of nitrogens with zero attached hydrogens (tertiary/aromatic N) is 2. The fraction of sp³-hybridized carbons (Fsp3) is 0.588. The van der Waals surface area contributed by atoms with E-state index in [1.807, 2.05) is 0 Å². The van der Waals surface area contributed by atoms with Crippen LogP contribution >= 0.6 is 11.6 Å². The molecule has 1 aromatic carbocycles. The summed E-state index contributed by atoms with van der Waals surface area (Å²) >= 11 is 5.90. The SMILES string of the molecule is CCC(CC)N1CCC(n2c(=O)[nH]c3cc(F)c(Cl)cc32)CC1. The number of benzene rings is 1. The summed E-state index contributed by atoms with van der Waals surface area (Å²) in [4.78, 5) is 17.6. The summed E-state index contributed by atoms with van der Waals surface area (Å²) in [5.41, 5.74) is 1.03. The number of aromatic amines is 1. The highest BCUT2D eigenvalue weighted by molar-refractivity contribution is 6.31. The molecule has 23 heavy (non-hydrogen) atoms. The monoisotopic (exact) mass is 339 g/mol. The summed E-state index contributed by atoms with van der Waals surface area (Å²) in [6, 6.07) is 3.62. The van der Waals surface area contributed by atoms with Crippen molar-refractivity contribution in [1.82, 2.24) is 14.5 Å². The number of aromatic nitrogens is 2. The first-order valence-corrected chi connectivity index (χ1v) is 8.76. The molecule has 0 aliphatic carbocycles. The van der Waals surface area contributed by atoms with Crippen molar-refractivity contribution >= 4 is 22.6 Å². The second kappa shape index (κ2) is 6.65. The fourth-order valence-corrected chi connectivity index (χ4v) is 3.96. The predicted octanol–water partition coefficient (Wildman–Crippen LogP) is 3.95. The van der Waals surface area contributed by atoms with E-state index < -0.39 is 5.82 Å². The number of fused-ring (bicyclic) bond motifs is 1. The minimum Gasteiger partial charge on any atom is -0.305 e. The van der Waals surface area contributed by atoms with E-state index in [1.165, 1.54) is 6.07 Å². The Balaban J connectivity index is 1.86. The van der Waals surface area contributed by atoms with Crippen molar-refractivity contribution in [3.63, 3.8) is 0 Å². The number of halogens is 2. The van der Waals surface area contributed by atoms with Crippen LogP contribution in [-0.4, -0.2) is 33.6 Å². The maximum atomic E-state index is 13.6. The van der Waals surface area contributed by atoms with E-state index in [4.69, 9.17) is 11.6 Å². The molecule has 1 aromatic heterocycles. The average Bonchev–Trinajstić information content (AvgIpc) is 2.85. The molecule has 1 aliphatic heterocycles. The molecule has 0 saturated carbocycles. The zero-order chi connectivity index (χ0) is 16.6. The number of rotatable bonds is 4. The van der Waals surface area contributed by atoms with Crippen LogP contribution in [0, 0.1) is 5.82 Å². The van der Waals surface area contributed by atoms with Gasteiger partial charge >= 0.3 is 5.69 Å². The summed E-state index contributed by atoms with van der Waals surface area (Å²) in [6.07, 6.45) is 4.17. The number of hydrogen-bond acceptors (Lipinski definition) is 2. The highest BCUT2D eigenvalue weighted by atomic mass is 35.5. The molecule has 4 nitrogen and oxygen atoms in total. The third kappa shape index (κ3) is 3.04. The Bertz CT molecular complexity index is 742.